The van der Waals surface area contributed by atoms with E-state index in [4.69, 9.17) is 11.6 Å². The molecule has 2 unspecified atom stereocenters. The predicted octanol–water partition coefficient (Wildman–Crippen LogP) is 1.55. The van der Waals surface area contributed by atoms with Crippen molar-refractivity contribution in [2.24, 2.45) is 0 Å². The molecule has 0 fully saturated rings. The molecule has 1 aliphatic carbocycles. The van der Waals surface area contributed by atoms with Crippen LogP contribution in [0.3, 0.4) is 0 Å². The molecular weight excluding hydrogens is 302 g/mol. The number of hydrogen-bond acceptors (Lipinski definition) is 5. The molecule has 0 heterocycles. The Balaban J connectivity index is 2.71. The lowest BCUT2D eigenvalue weighted by molar-refractivity contribution is -0.557. The highest BCUT2D eigenvalue weighted by molar-refractivity contribution is 6.32. The Morgan fingerprint density at radius 1 is 1.33 bits per heavy atom. The molecule has 8 heteroatoms. The zero-order valence-corrected chi connectivity index (χ0v) is 11.2. The van der Waals surface area contributed by atoms with Gasteiger partial charge in [0, 0.05) is 4.92 Å². The summed E-state index contributed by atoms with van der Waals surface area (Å²) in [5, 5.41) is 39.9. The lowest BCUT2D eigenvalue weighted by atomic mass is 9.79. The van der Waals surface area contributed by atoms with Crippen LogP contribution in [-0.2, 0) is 4.79 Å². The van der Waals surface area contributed by atoms with E-state index in [0.717, 1.165) is 6.08 Å². The summed E-state index contributed by atoms with van der Waals surface area (Å²) in [7, 11) is 0. The molecule has 0 bridgehead atoms. The molecule has 2 rings (SSSR count). The average Bonchev–Trinajstić information content (AvgIpc) is 2.43. The molecule has 110 valence electrons. The van der Waals surface area contributed by atoms with E-state index in [1.807, 2.05) is 0 Å². The highest BCUT2D eigenvalue weighted by Crippen LogP contribution is 2.40. The molecule has 0 radical (unpaired) electrons. The number of nitrogens with zero attached hydrogens (tertiary/aromatic N) is 1. The van der Waals surface area contributed by atoms with Crippen LogP contribution < -0.4 is 0 Å². The second kappa shape index (κ2) is 5.19. The number of aliphatic carboxylic acids is 1. The molecule has 0 spiro atoms. The molecular formula is C13H10ClNO6. The number of nitro groups is 1. The van der Waals surface area contributed by atoms with Crippen LogP contribution in [0.15, 0.2) is 47.2 Å². The van der Waals surface area contributed by atoms with Gasteiger partial charge >= 0.3 is 11.5 Å². The van der Waals surface area contributed by atoms with Crippen LogP contribution in [0.1, 0.15) is 5.56 Å². The second-order valence-corrected chi connectivity index (χ2v) is 4.80. The largest absolute Gasteiger partial charge is 0.504 e. The number of carboxylic acids is 1. The Morgan fingerprint density at radius 3 is 2.38 bits per heavy atom. The minimum absolute atomic E-state index is 0.0579. The topological polar surface area (TPSA) is 121 Å². The normalized spacial score (nSPS) is 25.4. The molecule has 21 heavy (non-hydrogen) atoms. The van der Waals surface area contributed by atoms with Gasteiger partial charge in [0.15, 0.2) is 6.10 Å². The summed E-state index contributed by atoms with van der Waals surface area (Å²) in [5.41, 5.74) is -2.82. The number of rotatable bonds is 3. The first-order valence-electron chi connectivity index (χ1n) is 5.75. The number of carbonyl (C=O) groups is 1. The van der Waals surface area contributed by atoms with Crippen molar-refractivity contribution in [2.45, 2.75) is 11.6 Å². The Morgan fingerprint density at radius 2 is 1.90 bits per heavy atom. The van der Waals surface area contributed by atoms with E-state index in [0.29, 0.717) is 5.56 Å². The highest BCUT2D eigenvalue weighted by Gasteiger charge is 2.65. The fraction of sp³-hybridized carbons (Fsp3) is 0.154. The Labute approximate surface area is 123 Å². The van der Waals surface area contributed by atoms with Gasteiger partial charge in [-0.2, -0.15) is 0 Å². The van der Waals surface area contributed by atoms with Gasteiger partial charge < -0.3 is 15.3 Å². The van der Waals surface area contributed by atoms with Crippen molar-refractivity contribution in [3.8, 4) is 0 Å². The molecule has 0 amide bonds. The second-order valence-electron chi connectivity index (χ2n) is 4.39. The van der Waals surface area contributed by atoms with E-state index in [1.54, 1.807) is 18.2 Å². The van der Waals surface area contributed by atoms with E-state index in [9.17, 15) is 30.2 Å². The number of aliphatic hydroxyl groups is 2. The first-order valence-corrected chi connectivity index (χ1v) is 6.13. The van der Waals surface area contributed by atoms with Crippen LogP contribution in [-0.4, -0.2) is 37.9 Å². The van der Waals surface area contributed by atoms with E-state index in [2.05, 4.69) is 0 Å². The number of carboxylic acid groups (broad SMARTS) is 1. The van der Waals surface area contributed by atoms with Crippen molar-refractivity contribution >= 4 is 23.1 Å². The Kier molecular flexibility index (Phi) is 3.71. The van der Waals surface area contributed by atoms with Crippen molar-refractivity contribution < 1.29 is 25.0 Å². The number of benzene rings is 1. The summed E-state index contributed by atoms with van der Waals surface area (Å²) in [5.74, 6) is -3.20. The van der Waals surface area contributed by atoms with Crippen LogP contribution in [0.4, 0.5) is 0 Å². The lowest BCUT2D eigenvalue weighted by Crippen LogP contribution is -2.59. The summed E-state index contributed by atoms with van der Waals surface area (Å²) >= 11 is 5.72. The maximum Gasteiger partial charge on any atom is 0.402 e. The summed E-state index contributed by atoms with van der Waals surface area (Å²) < 4.78 is 0. The first-order chi connectivity index (χ1) is 9.83. The van der Waals surface area contributed by atoms with Gasteiger partial charge in [0.1, 0.15) is 0 Å². The maximum absolute atomic E-state index is 11.4. The van der Waals surface area contributed by atoms with Crippen LogP contribution in [0.5, 0.6) is 0 Å². The van der Waals surface area contributed by atoms with Gasteiger partial charge in [-0.25, -0.2) is 4.79 Å². The summed E-state index contributed by atoms with van der Waals surface area (Å²) in [6.45, 7) is 0. The molecule has 1 aromatic rings. The summed E-state index contributed by atoms with van der Waals surface area (Å²) in [4.78, 5) is 21.4. The third kappa shape index (κ3) is 2.07. The predicted molar refractivity (Wildman–Crippen MR) is 73.3 cm³/mol. The van der Waals surface area contributed by atoms with E-state index < -0.39 is 33.3 Å². The van der Waals surface area contributed by atoms with Gasteiger partial charge in [0.2, 0.25) is 5.76 Å². The van der Waals surface area contributed by atoms with Crippen LogP contribution in [0.2, 0.25) is 0 Å². The molecule has 3 N–H and O–H groups in total. The number of aliphatic hydroxyl groups excluding tert-OH is 2. The maximum atomic E-state index is 11.4. The molecule has 0 saturated heterocycles. The lowest BCUT2D eigenvalue weighted by Gasteiger charge is -2.30. The summed E-state index contributed by atoms with van der Waals surface area (Å²) in [6, 6.07) is 7.99. The van der Waals surface area contributed by atoms with Crippen LogP contribution in [0, 0.1) is 10.1 Å². The Hall–Kier alpha value is -2.38. The van der Waals surface area contributed by atoms with Crippen LogP contribution >= 0.6 is 11.6 Å². The number of allylic oxidation sites excluding steroid dienone is 2. The van der Waals surface area contributed by atoms with Gasteiger partial charge in [-0.15, -0.1) is 0 Å². The average molecular weight is 312 g/mol. The minimum Gasteiger partial charge on any atom is -0.504 e. The third-order valence-electron chi connectivity index (χ3n) is 3.28. The standard InChI is InChI=1S/C13H10ClNO6/c14-9-6-8(7-4-2-1-3-5-7)10(16)13(11(9)17,12(18)19)15(20)21/h1-6,10,16-17H,(H,18,19). The zero-order chi connectivity index (χ0) is 15.8. The van der Waals surface area contributed by atoms with Crippen LogP contribution in [0.25, 0.3) is 5.57 Å². The smallest absolute Gasteiger partial charge is 0.402 e. The van der Waals surface area contributed by atoms with Gasteiger partial charge in [-0.3, -0.25) is 10.1 Å². The molecule has 1 aromatic carbocycles. The van der Waals surface area contributed by atoms with Crippen molar-refractivity contribution in [3.05, 3.63) is 62.9 Å². The van der Waals surface area contributed by atoms with Gasteiger partial charge in [-0.05, 0) is 17.2 Å². The quantitative estimate of drug-likeness (QED) is 0.575. The number of hydrogen-bond donors (Lipinski definition) is 3. The zero-order valence-electron chi connectivity index (χ0n) is 10.4. The van der Waals surface area contributed by atoms with Crippen molar-refractivity contribution in [1.29, 1.82) is 0 Å². The van der Waals surface area contributed by atoms with Crippen molar-refractivity contribution in [1.82, 2.24) is 0 Å². The molecule has 0 aliphatic heterocycles. The summed E-state index contributed by atoms with van der Waals surface area (Å²) in [6.07, 6.45) is -0.975. The van der Waals surface area contributed by atoms with Gasteiger partial charge in [0.05, 0.1) is 5.03 Å². The minimum atomic E-state index is -3.13. The van der Waals surface area contributed by atoms with E-state index in [-0.39, 0.29) is 5.57 Å². The fourth-order valence-corrected chi connectivity index (χ4v) is 2.44. The van der Waals surface area contributed by atoms with E-state index in [1.165, 1.54) is 12.1 Å². The van der Waals surface area contributed by atoms with E-state index >= 15 is 0 Å². The third-order valence-corrected chi connectivity index (χ3v) is 3.57. The molecule has 7 nitrogen and oxygen atoms in total. The van der Waals surface area contributed by atoms with Crippen molar-refractivity contribution in [3.63, 3.8) is 0 Å². The Bertz CT molecular complexity index is 652. The highest BCUT2D eigenvalue weighted by atomic mass is 35.5. The first kappa shape index (κ1) is 15.0. The SMILES string of the molecule is O=C(O)C1([N+](=O)[O-])C(O)=C(Cl)C=C(c2ccccc2)C1O. The molecule has 1 aliphatic rings. The number of halogens is 1. The van der Waals surface area contributed by atoms with Crippen molar-refractivity contribution in [2.75, 3.05) is 0 Å². The monoisotopic (exact) mass is 311 g/mol. The fourth-order valence-electron chi connectivity index (χ4n) is 2.17. The molecule has 2 atom stereocenters. The van der Waals surface area contributed by atoms with Gasteiger partial charge in [-0.1, -0.05) is 41.9 Å². The van der Waals surface area contributed by atoms with Gasteiger partial charge in [0.25, 0.3) is 0 Å². The molecule has 0 aromatic heterocycles. The molecule has 0 saturated carbocycles.